The molecule has 0 aliphatic carbocycles. The van der Waals surface area contributed by atoms with E-state index in [1.54, 1.807) is 6.92 Å². The van der Waals surface area contributed by atoms with Gasteiger partial charge < -0.3 is 5.73 Å². The highest BCUT2D eigenvalue weighted by Gasteiger charge is 2.08. The molecule has 62 valence electrons. The second-order valence-electron chi connectivity index (χ2n) is 1.86. The second-order valence-corrected chi connectivity index (χ2v) is 1.86. The molecule has 0 rings (SSSR count). The van der Waals surface area contributed by atoms with Gasteiger partial charge in [0.1, 0.15) is 6.17 Å². The molecule has 0 bridgehead atoms. The Labute approximate surface area is 61.8 Å². The number of nitrogens with two attached hydrogens (primary N) is 1. The van der Waals surface area contributed by atoms with Gasteiger partial charge in [-0.2, -0.15) is 0 Å². The lowest BCUT2D eigenvalue weighted by Gasteiger charge is -2.22. The van der Waals surface area contributed by atoms with E-state index in [2.05, 4.69) is 0 Å². The van der Waals surface area contributed by atoms with Crippen molar-refractivity contribution in [1.82, 2.24) is 5.23 Å². The largest absolute Gasteiger partial charge is 0.312 e. The van der Waals surface area contributed by atoms with E-state index in [0.29, 0.717) is 13.2 Å². The zero-order chi connectivity index (χ0) is 7.98. The van der Waals surface area contributed by atoms with Crippen LogP contribution in [0.4, 0.5) is 0 Å². The van der Waals surface area contributed by atoms with E-state index in [1.807, 2.05) is 13.8 Å². The van der Waals surface area contributed by atoms with Gasteiger partial charge in [-0.15, -0.1) is 0 Å². The summed E-state index contributed by atoms with van der Waals surface area (Å²) < 4.78 is 0. The first-order valence-electron chi connectivity index (χ1n) is 3.53. The average molecular weight is 148 g/mol. The fraction of sp³-hybridized carbons (Fsp3) is 1.00. The summed E-state index contributed by atoms with van der Waals surface area (Å²) in [5.74, 6) is 0. The molecule has 0 heterocycles. The summed E-state index contributed by atoms with van der Waals surface area (Å²) >= 11 is 0. The third-order valence-electron chi connectivity index (χ3n) is 0.845. The molecule has 0 saturated carbocycles. The monoisotopic (exact) mass is 148 g/mol. The fourth-order valence-electron chi connectivity index (χ4n) is 0.527. The molecule has 0 aliphatic heterocycles. The van der Waals surface area contributed by atoms with Crippen LogP contribution in [-0.2, 0) is 9.68 Å². The topological polar surface area (TPSA) is 47.7 Å². The number of hydroxylamine groups is 2. The average Bonchev–Trinajstić information content (AvgIpc) is 1.87. The minimum atomic E-state index is -0.222. The summed E-state index contributed by atoms with van der Waals surface area (Å²) in [5, 5.41) is 1.31. The fourth-order valence-corrected chi connectivity index (χ4v) is 0.527. The Morgan fingerprint density at radius 3 is 1.90 bits per heavy atom. The molecule has 4 nitrogen and oxygen atoms in total. The van der Waals surface area contributed by atoms with Crippen molar-refractivity contribution in [1.29, 1.82) is 0 Å². The van der Waals surface area contributed by atoms with Crippen molar-refractivity contribution in [3.8, 4) is 0 Å². The molecular formula is C6H16N2O2. The molecule has 2 N–H and O–H groups in total. The SMILES string of the molecule is CCON(OCC)C(C)N. The third kappa shape index (κ3) is 3.79. The molecule has 1 unspecified atom stereocenters. The van der Waals surface area contributed by atoms with Gasteiger partial charge in [-0.1, -0.05) is 0 Å². The lowest BCUT2D eigenvalue weighted by atomic mass is 10.6. The van der Waals surface area contributed by atoms with E-state index in [0.717, 1.165) is 0 Å². The summed E-state index contributed by atoms with van der Waals surface area (Å²) in [6.45, 7) is 6.71. The molecular weight excluding hydrogens is 132 g/mol. The lowest BCUT2D eigenvalue weighted by molar-refractivity contribution is -0.382. The van der Waals surface area contributed by atoms with Gasteiger partial charge in [-0.05, 0) is 26.0 Å². The molecule has 0 aromatic heterocycles. The van der Waals surface area contributed by atoms with Crippen LogP contribution in [0.1, 0.15) is 20.8 Å². The van der Waals surface area contributed by atoms with Crippen molar-refractivity contribution >= 4 is 0 Å². The van der Waals surface area contributed by atoms with E-state index in [9.17, 15) is 0 Å². The third-order valence-corrected chi connectivity index (χ3v) is 0.845. The molecule has 0 radical (unpaired) electrons. The van der Waals surface area contributed by atoms with Gasteiger partial charge in [0.05, 0.1) is 13.2 Å². The lowest BCUT2D eigenvalue weighted by Crippen LogP contribution is -2.39. The maximum atomic E-state index is 5.48. The molecule has 10 heavy (non-hydrogen) atoms. The number of rotatable bonds is 5. The molecule has 4 heteroatoms. The van der Waals surface area contributed by atoms with Crippen LogP contribution < -0.4 is 5.73 Å². The highest BCUT2D eigenvalue weighted by atomic mass is 16.9. The van der Waals surface area contributed by atoms with Crippen molar-refractivity contribution in [3.05, 3.63) is 0 Å². The van der Waals surface area contributed by atoms with Crippen molar-refractivity contribution in [2.75, 3.05) is 13.2 Å². The summed E-state index contributed by atoms with van der Waals surface area (Å²) in [5.41, 5.74) is 5.48. The molecule has 0 saturated heterocycles. The minimum Gasteiger partial charge on any atom is -0.312 e. The Morgan fingerprint density at radius 2 is 1.70 bits per heavy atom. The second kappa shape index (κ2) is 5.61. The van der Waals surface area contributed by atoms with E-state index in [4.69, 9.17) is 15.4 Å². The molecule has 0 spiro atoms. The Balaban J connectivity index is 3.50. The molecule has 0 aromatic rings. The van der Waals surface area contributed by atoms with E-state index >= 15 is 0 Å². The summed E-state index contributed by atoms with van der Waals surface area (Å²) in [7, 11) is 0. The number of hydrogen-bond donors (Lipinski definition) is 1. The molecule has 0 amide bonds. The van der Waals surface area contributed by atoms with Gasteiger partial charge in [0.15, 0.2) is 0 Å². The van der Waals surface area contributed by atoms with E-state index in [1.165, 1.54) is 5.23 Å². The van der Waals surface area contributed by atoms with Crippen LogP contribution in [0.15, 0.2) is 0 Å². The predicted molar refractivity (Wildman–Crippen MR) is 38.7 cm³/mol. The van der Waals surface area contributed by atoms with Crippen molar-refractivity contribution in [2.24, 2.45) is 5.73 Å². The van der Waals surface area contributed by atoms with Crippen LogP contribution >= 0.6 is 0 Å². The Hall–Kier alpha value is -0.160. The van der Waals surface area contributed by atoms with Gasteiger partial charge in [-0.25, -0.2) is 0 Å². The van der Waals surface area contributed by atoms with Crippen LogP contribution in [-0.4, -0.2) is 24.6 Å². The molecule has 0 aliphatic rings. The van der Waals surface area contributed by atoms with Gasteiger partial charge in [-0.3, -0.25) is 9.68 Å². The molecule has 0 fully saturated rings. The Bertz CT molecular complexity index is 72.1. The quantitative estimate of drug-likeness (QED) is 0.455. The van der Waals surface area contributed by atoms with E-state index in [-0.39, 0.29) is 6.17 Å². The van der Waals surface area contributed by atoms with Crippen LogP contribution in [0.2, 0.25) is 0 Å². The highest BCUT2D eigenvalue weighted by Crippen LogP contribution is 1.94. The zero-order valence-corrected chi connectivity index (χ0v) is 6.83. The van der Waals surface area contributed by atoms with Gasteiger partial charge >= 0.3 is 0 Å². The van der Waals surface area contributed by atoms with Crippen LogP contribution in [0.5, 0.6) is 0 Å². The first-order valence-corrected chi connectivity index (χ1v) is 3.53. The smallest absolute Gasteiger partial charge is 0.107 e. The summed E-state index contributed by atoms with van der Waals surface area (Å²) in [6.07, 6.45) is -0.222. The van der Waals surface area contributed by atoms with Crippen LogP contribution in [0, 0.1) is 0 Å². The predicted octanol–water partition coefficient (Wildman–Crippen LogP) is 0.496. The standard InChI is InChI=1S/C6H16N2O2/c1-4-9-8(6(3)7)10-5-2/h6H,4-5,7H2,1-3H3. The number of hydrogen-bond acceptors (Lipinski definition) is 4. The first kappa shape index (κ1) is 9.84. The Morgan fingerprint density at radius 1 is 1.30 bits per heavy atom. The first-order chi connectivity index (χ1) is 4.72. The van der Waals surface area contributed by atoms with Gasteiger partial charge in [0, 0.05) is 0 Å². The van der Waals surface area contributed by atoms with Gasteiger partial charge in [0.25, 0.3) is 0 Å². The zero-order valence-electron chi connectivity index (χ0n) is 6.83. The molecule has 1 atom stereocenters. The van der Waals surface area contributed by atoms with Crippen molar-refractivity contribution in [3.63, 3.8) is 0 Å². The van der Waals surface area contributed by atoms with E-state index < -0.39 is 0 Å². The normalized spacial score (nSPS) is 14.1. The Kier molecular flexibility index (Phi) is 5.52. The van der Waals surface area contributed by atoms with Crippen LogP contribution in [0.3, 0.4) is 0 Å². The molecule has 0 aromatic carbocycles. The summed E-state index contributed by atoms with van der Waals surface area (Å²) in [6, 6.07) is 0. The maximum absolute atomic E-state index is 5.48. The van der Waals surface area contributed by atoms with Gasteiger partial charge in [0.2, 0.25) is 0 Å². The summed E-state index contributed by atoms with van der Waals surface area (Å²) in [4.78, 5) is 10.1. The highest BCUT2D eigenvalue weighted by molar-refractivity contribution is 4.36. The maximum Gasteiger partial charge on any atom is 0.107 e. The van der Waals surface area contributed by atoms with Crippen molar-refractivity contribution in [2.45, 2.75) is 26.9 Å². The van der Waals surface area contributed by atoms with Crippen LogP contribution in [0.25, 0.3) is 0 Å². The van der Waals surface area contributed by atoms with Crippen molar-refractivity contribution < 1.29 is 9.68 Å². The number of nitrogens with zero attached hydrogens (tertiary/aromatic N) is 1. The minimum absolute atomic E-state index is 0.222.